The molecule has 0 aliphatic heterocycles. The molecule has 5 aromatic rings. The molecule has 0 spiro atoms. The lowest BCUT2D eigenvalue weighted by Gasteiger charge is -2.28. The van der Waals surface area contributed by atoms with Gasteiger partial charge in [-0.15, -0.1) is 0 Å². The first-order chi connectivity index (χ1) is 47.7. The predicted octanol–water partition coefficient (Wildman–Crippen LogP) is -3.53. The Labute approximate surface area is 577 Å². The molecular formula is C64H99N25O11. The van der Waals surface area contributed by atoms with Crippen molar-refractivity contribution in [2.24, 2.45) is 72.5 Å². The number of nitrogens with two attached hydrogens (primary N) is 9. The van der Waals surface area contributed by atoms with Gasteiger partial charge in [-0.05, 0) is 113 Å². The van der Waals surface area contributed by atoms with Crippen LogP contribution in [0.4, 0.5) is 4.79 Å². The van der Waals surface area contributed by atoms with E-state index in [1.165, 1.54) is 12.5 Å². The van der Waals surface area contributed by atoms with Crippen LogP contribution < -0.4 is 99.5 Å². The molecule has 546 valence electrons. The number of hydrogen-bond acceptors (Lipinski definition) is 16. The van der Waals surface area contributed by atoms with Gasteiger partial charge < -0.3 is 120 Å². The molecule has 10 amide bonds. The van der Waals surface area contributed by atoms with E-state index >= 15 is 14.4 Å². The molecule has 0 unspecified atom stereocenters. The van der Waals surface area contributed by atoms with Crippen molar-refractivity contribution in [3.63, 3.8) is 0 Å². The summed E-state index contributed by atoms with van der Waals surface area (Å²) in [6, 6.07) is 0.887. The maximum absolute atomic E-state index is 15.2. The van der Waals surface area contributed by atoms with E-state index in [-0.39, 0.29) is 134 Å². The summed E-state index contributed by atoms with van der Waals surface area (Å²) < 4.78 is 0. The number of fused-ring (bicyclic) bond motifs is 2. The van der Waals surface area contributed by atoms with Gasteiger partial charge in [0.05, 0.1) is 12.4 Å². The van der Waals surface area contributed by atoms with E-state index in [0.29, 0.717) is 57.9 Å². The number of benzene rings is 2. The highest BCUT2D eigenvalue weighted by molar-refractivity contribution is 5.99. The molecule has 0 aliphatic carbocycles. The van der Waals surface area contributed by atoms with Crippen LogP contribution in [-0.4, -0.2) is 189 Å². The van der Waals surface area contributed by atoms with Crippen LogP contribution in [0, 0.1) is 5.92 Å². The minimum absolute atomic E-state index is 0.00322. The summed E-state index contributed by atoms with van der Waals surface area (Å²) in [5.41, 5.74) is 53.7. The third kappa shape index (κ3) is 27.5. The van der Waals surface area contributed by atoms with Crippen molar-refractivity contribution >= 4 is 98.9 Å². The molecule has 36 heteroatoms. The number of carboxylic acid groups (broad SMARTS) is 1. The van der Waals surface area contributed by atoms with E-state index in [1.807, 2.05) is 0 Å². The molecule has 0 radical (unpaired) electrons. The van der Waals surface area contributed by atoms with Crippen LogP contribution in [0.15, 0.2) is 88.4 Å². The lowest BCUT2D eigenvalue weighted by molar-refractivity contribution is -0.142. The number of carbonyl (C=O) groups is 10. The number of hydrogen-bond donors (Lipinski definition) is 22. The first kappa shape index (κ1) is 79.6. The first-order valence-electron chi connectivity index (χ1n) is 33.1. The Balaban J connectivity index is 1.51. The highest BCUT2D eigenvalue weighted by Gasteiger charge is 2.36. The number of H-pyrrole nitrogens is 3. The molecule has 5 rings (SSSR count). The number of aliphatic carboxylic acids is 1. The molecule has 3 heterocycles. The van der Waals surface area contributed by atoms with Gasteiger partial charge in [0.1, 0.15) is 48.3 Å². The number of amides is 10. The number of imidazole rings is 1. The lowest BCUT2D eigenvalue weighted by atomic mass is 10.0. The van der Waals surface area contributed by atoms with Gasteiger partial charge in [0.15, 0.2) is 17.9 Å². The Morgan fingerprint density at radius 2 is 0.850 bits per heavy atom. The highest BCUT2D eigenvalue weighted by Crippen LogP contribution is 2.22. The van der Waals surface area contributed by atoms with E-state index in [0.717, 1.165) is 0 Å². The quantitative estimate of drug-likeness (QED) is 0.0102. The van der Waals surface area contributed by atoms with Crippen LogP contribution in [0.3, 0.4) is 0 Å². The Hall–Kier alpha value is -11.0. The molecule has 0 saturated carbocycles. The Bertz CT molecular complexity index is 3600. The summed E-state index contributed by atoms with van der Waals surface area (Å²) in [6.45, 7) is 3.94. The van der Waals surface area contributed by atoms with Gasteiger partial charge in [-0.25, -0.2) is 14.6 Å². The monoisotopic (exact) mass is 1390 g/mol. The first-order valence-corrected chi connectivity index (χ1v) is 33.1. The van der Waals surface area contributed by atoms with Crippen molar-refractivity contribution < 1.29 is 53.1 Å². The zero-order valence-corrected chi connectivity index (χ0v) is 56.4. The summed E-state index contributed by atoms with van der Waals surface area (Å²) in [6.07, 6.45) is 6.62. The average Bonchev–Trinajstić information content (AvgIpc) is 1.64. The molecule has 9 atom stereocenters. The Morgan fingerprint density at radius 1 is 0.470 bits per heavy atom. The van der Waals surface area contributed by atoms with Gasteiger partial charge in [0, 0.05) is 91.5 Å². The van der Waals surface area contributed by atoms with Crippen molar-refractivity contribution in [2.75, 3.05) is 32.7 Å². The van der Waals surface area contributed by atoms with Gasteiger partial charge in [-0.3, -0.25) is 53.3 Å². The van der Waals surface area contributed by atoms with Gasteiger partial charge in [0.25, 0.3) is 0 Å². The molecule has 36 nitrogen and oxygen atoms in total. The van der Waals surface area contributed by atoms with Gasteiger partial charge >= 0.3 is 12.0 Å². The molecular weight excluding hydrogens is 1290 g/mol. The van der Waals surface area contributed by atoms with Crippen molar-refractivity contribution in [2.45, 2.75) is 165 Å². The van der Waals surface area contributed by atoms with Crippen LogP contribution in [0.2, 0.25) is 0 Å². The molecule has 31 N–H and O–H groups in total. The summed E-state index contributed by atoms with van der Waals surface area (Å²) in [4.78, 5) is 167. The number of unbranched alkanes of at least 4 members (excludes halogenated alkanes) is 1. The summed E-state index contributed by atoms with van der Waals surface area (Å²) in [5.74, 6) is -8.86. The highest BCUT2D eigenvalue weighted by atomic mass is 16.4. The largest absolute Gasteiger partial charge is 0.480 e. The van der Waals surface area contributed by atoms with Crippen LogP contribution >= 0.6 is 0 Å². The van der Waals surface area contributed by atoms with Gasteiger partial charge in [0.2, 0.25) is 47.3 Å². The van der Waals surface area contributed by atoms with E-state index < -0.39 is 114 Å². The summed E-state index contributed by atoms with van der Waals surface area (Å²) in [5, 5.41) is 35.7. The minimum Gasteiger partial charge on any atom is -0.480 e. The Kier molecular flexibility index (Phi) is 32.9. The van der Waals surface area contributed by atoms with Crippen molar-refractivity contribution in [1.29, 1.82) is 0 Å². The number of aliphatic imine (C=N–C) groups is 3. The average molecular weight is 1390 g/mol. The molecule has 2 aromatic carbocycles. The minimum atomic E-state index is -1.55. The summed E-state index contributed by atoms with van der Waals surface area (Å²) in [7, 11) is 0. The SMILES string of the molecule is CC(C)C[C@H](NC(=O)[C@H](Cc1cnc[nH]1)NC(=O)[C@H](Cc1c[nH]c2ccccc12)NC(=O)[C@H](CCCN=C(N)N)NC(=O)[C@H](CCCNC(N)=O)NC(=O)[C@H](Cc1c[nH]c2ccccc12)NC(=O)[C@H](CCCCN)NC(=O)[C@H](CCCN=C(N)N)NC(=O)[C@@H](N)CCCN=C(N)N)C(=O)O. The number of nitrogens with zero attached hydrogens (tertiary/aromatic N) is 4. The number of primary amides is 1. The molecule has 0 fully saturated rings. The van der Waals surface area contributed by atoms with E-state index in [2.05, 4.69) is 82.8 Å². The maximum Gasteiger partial charge on any atom is 0.326 e. The molecule has 0 bridgehead atoms. The van der Waals surface area contributed by atoms with Crippen LogP contribution in [0.5, 0.6) is 0 Å². The predicted molar refractivity (Wildman–Crippen MR) is 376 cm³/mol. The van der Waals surface area contributed by atoms with Gasteiger partial charge in [-0.1, -0.05) is 50.2 Å². The number of aromatic nitrogens is 4. The number of para-hydroxylation sites is 2. The number of carboxylic acids is 1. The maximum atomic E-state index is 15.2. The fourth-order valence-electron chi connectivity index (χ4n) is 10.9. The smallest absolute Gasteiger partial charge is 0.326 e. The second-order valence-corrected chi connectivity index (χ2v) is 24.5. The number of guanidine groups is 3. The van der Waals surface area contributed by atoms with E-state index in [9.17, 15) is 38.7 Å². The molecule has 0 saturated heterocycles. The third-order valence-corrected chi connectivity index (χ3v) is 16.0. The molecule has 3 aromatic heterocycles. The number of rotatable bonds is 45. The summed E-state index contributed by atoms with van der Waals surface area (Å²) >= 11 is 0. The second-order valence-electron chi connectivity index (χ2n) is 24.5. The van der Waals surface area contributed by atoms with E-state index in [1.54, 1.807) is 74.8 Å². The van der Waals surface area contributed by atoms with Crippen LogP contribution in [0.1, 0.15) is 108 Å². The number of aromatic amines is 3. The number of carbonyl (C=O) groups excluding carboxylic acids is 9. The zero-order valence-electron chi connectivity index (χ0n) is 56.4. The third-order valence-electron chi connectivity index (χ3n) is 16.0. The number of urea groups is 1. The van der Waals surface area contributed by atoms with E-state index in [4.69, 9.17) is 51.6 Å². The zero-order chi connectivity index (χ0) is 73.3. The molecule has 100 heavy (non-hydrogen) atoms. The van der Waals surface area contributed by atoms with Crippen LogP contribution in [-0.2, 0) is 62.4 Å². The standard InChI is InChI=1S/C64H99N25O11/c1-35(2)27-51(60(98)99)89-59(97)50(30-38-33-74-34-81-38)88-58(96)49(29-37-32-80-43-17-6-4-14-40(37)43)87-56(94)47(20-11-25-77-63(71)72)84-54(92)46(21-12-26-78-64(73)100)85-57(95)48(28-36-31-79-42-16-5-3-13-39(36)42)86-55(93)44(18-7-8-22-65)83-53(91)45(19-10-24-76-62(69)70)82-52(90)41(66)15-9-23-75-61(67)68/h3-6,13-14,16-17,31-35,41,44-51,79-80H,7-12,15,18-30,65-66H2,1-2H3,(H,74,81)(H,82,90)(H,83,91)(H,84,92)(H,85,95)(H,86,93)(H,87,94)(H,88,96)(H,89,97)(H,98,99)(H4,67,68,75)(H4,69,70,76)(H4,71,72,77)(H3,73,78,100)/t41-,44-,45-,46-,47-,48-,49-,50-,51-/m0/s1. The lowest BCUT2D eigenvalue weighted by Crippen LogP contribution is -2.61. The number of nitrogens with one attached hydrogen (secondary N) is 12. The normalized spacial score (nSPS) is 13.8. The van der Waals surface area contributed by atoms with Crippen molar-refractivity contribution in [1.82, 2.24) is 67.8 Å². The van der Waals surface area contributed by atoms with Crippen LogP contribution in [0.25, 0.3) is 21.8 Å². The van der Waals surface area contributed by atoms with Crippen molar-refractivity contribution in [3.8, 4) is 0 Å². The van der Waals surface area contributed by atoms with Gasteiger partial charge in [-0.2, -0.15) is 0 Å². The molecule has 0 aliphatic rings. The fraction of sp³-hybridized carbons (Fsp3) is 0.500. The van der Waals surface area contributed by atoms with Crippen molar-refractivity contribution in [3.05, 3.63) is 90.3 Å². The topological polar surface area (TPSA) is 631 Å². The Morgan fingerprint density at radius 3 is 1.25 bits per heavy atom. The second kappa shape index (κ2) is 41.3. The fourth-order valence-corrected chi connectivity index (χ4v) is 10.9.